The molecule has 5 rings (SSSR count). The zero-order valence-corrected chi connectivity index (χ0v) is 21.8. The van der Waals surface area contributed by atoms with Crippen LogP contribution in [0.5, 0.6) is 0 Å². The maximum Gasteiger partial charge on any atom is 0.263 e. The molecule has 3 aromatic rings. The van der Waals surface area contributed by atoms with Gasteiger partial charge in [0.2, 0.25) is 5.91 Å². The monoisotopic (exact) mass is 531 g/mol. The number of aliphatic hydroxyl groups is 1. The van der Waals surface area contributed by atoms with Gasteiger partial charge in [-0.3, -0.25) is 19.3 Å². The number of amides is 3. The average Bonchev–Trinajstić information content (AvgIpc) is 3.19. The van der Waals surface area contributed by atoms with Gasteiger partial charge in [0.25, 0.3) is 11.8 Å². The molecule has 0 radical (unpaired) electrons. The summed E-state index contributed by atoms with van der Waals surface area (Å²) in [6, 6.07) is 22.3. The van der Waals surface area contributed by atoms with Crippen LogP contribution in [0.1, 0.15) is 44.7 Å². The molecule has 8 heteroatoms. The number of piperidine rings is 1. The largest absolute Gasteiger partial charge is 0.395 e. The lowest BCUT2D eigenvalue weighted by molar-refractivity contribution is -0.137. The van der Waals surface area contributed by atoms with Crippen molar-refractivity contribution in [2.24, 2.45) is 5.92 Å². The molecule has 0 unspecified atom stereocenters. The Kier molecular flexibility index (Phi) is 7.77. The van der Waals surface area contributed by atoms with E-state index in [2.05, 4.69) is 4.90 Å². The zero-order chi connectivity index (χ0) is 26.6. The summed E-state index contributed by atoms with van der Waals surface area (Å²) in [5.41, 5.74) is 3.28. The summed E-state index contributed by atoms with van der Waals surface area (Å²) in [7, 11) is 0. The summed E-state index contributed by atoms with van der Waals surface area (Å²) in [5.74, 6) is -0.765. The fourth-order valence-electron chi connectivity index (χ4n) is 5.34. The number of anilines is 1. The van der Waals surface area contributed by atoms with Crippen LogP contribution in [0.4, 0.5) is 5.69 Å². The number of rotatable bonds is 8. The Morgan fingerprint density at radius 3 is 2.34 bits per heavy atom. The van der Waals surface area contributed by atoms with Crippen LogP contribution in [0.2, 0.25) is 5.02 Å². The summed E-state index contributed by atoms with van der Waals surface area (Å²) in [4.78, 5) is 45.0. The number of aliphatic hydroxyl groups excluding tert-OH is 1. The topological polar surface area (TPSA) is 81.2 Å². The Morgan fingerprint density at radius 1 is 0.921 bits per heavy atom. The van der Waals surface area contributed by atoms with E-state index < -0.39 is 0 Å². The maximum absolute atomic E-state index is 13.4. The molecule has 7 nitrogen and oxygen atoms in total. The van der Waals surface area contributed by atoms with E-state index >= 15 is 0 Å². The highest BCUT2D eigenvalue weighted by atomic mass is 35.5. The SMILES string of the molecule is O=C(C1CCN(c2cccc3c2C(=O)N(Cc2ccccc2Cl)C3=O)CC1)N(CCO)Cc1ccccc1. The summed E-state index contributed by atoms with van der Waals surface area (Å²) >= 11 is 6.29. The van der Waals surface area contributed by atoms with Crippen molar-refractivity contribution in [3.63, 3.8) is 0 Å². The van der Waals surface area contributed by atoms with Crippen molar-refractivity contribution in [1.29, 1.82) is 0 Å². The molecule has 1 N–H and O–H groups in total. The van der Waals surface area contributed by atoms with E-state index in [1.807, 2.05) is 54.6 Å². The van der Waals surface area contributed by atoms with Gasteiger partial charge in [-0.1, -0.05) is 66.2 Å². The molecule has 0 spiro atoms. The van der Waals surface area contributed by atoms with E-state index in [0.717, 1.165) is 11.3 Å². The van der Waals surface area contributed by atoms with Crippen molar-refractivity contribution in [3.05, 3.63) is 100 Å². The predicted molar refractivity (Wildman–Crippen MR) is 146 cm³/mol. The summed E-state index contributed by atoms with van der Waals surface area (Å²) < 4.78 is 0. The van der Waals surface area contributed by atoms with E-state index in [-0.39, 0.29) is 43.3 Å². The standard InChI is InChI=1S/C30H30ClN3O4/c31-25-11-5-4-9-23(25)20-34-29(37)24-10-6-12-26(27(24)30(34)38)32-15-13-22(14-16-32)28(36)33(17-18-35)19-21-7-2-1-3-8-21/h1-12,22,35H,13-20H2. The van der Waals surface area contributed by atoms with Crippen LogP contribution in [-0.2, 0) is 17.9 Å². The van der Waals surface area contributed by atoms with Gasteiger partial charge < -0.3 is 14.9 Å². The molecule has 3 amide bonds. The predicted octanol–water partition coefficient (Wildman–Crippen LogP) is 4.37. The maximum atomic E-state index is 13.4. The Morgan fingerprint density at radius 2 is 1.63 bits per heavy atom. The van der Waals surface area contributed by atoms with Crippen LogP contribution >= 0.6 is 11.6 Å². The first-order chi connectivity index (χ1) is 18.5. The highest BCUT2D eigenvalue weighted by molar-refractivity contribution is 6.31. The number of imide groups is 1. The molecule has 1 saturated heterocycles. The molecule has 0 bridgehead atoms. The molecule has 1 fully saturated rings. The number of carbonyl (C=O) groups is 3. The number of hydrogen-bond donors (Lipinski definition) is 1. The molecule has 2 aliphatic heterocycles. The first-order valence-electron chi connectivity index (χ1n) is 12.9. The van der Waals surface area contributed by atoms with E-state index in [9.17, 15) is 19.5 Å². The molecule has 0 saturated carbocycles. The molecule has 0 aromatic heterocycles. The second-order valence-electron chi connectivity index (χ2n) is 9.72. The molecule has 0 aliphatic carbocycles. The van der Waals surface area contributed by atoms with Crippen LogP contribution in [0, 0.1) is 5.92 Å². The van der Waals surface area contributed by atoms with Gasteiger partial charge in [-0.15, -0.1) is 0 Å². The van der Waals surface area contributed by atoms with Gasteiger partial charge in [0.05, 0.1) is 30.0 Å². The highest BCUT2D eigenvalue weighted by Gasteiger charge is 2.39. The third-order valence-electron chi connectivity index (χ3n) is 7.35. The van der Waals surface area contributed by atoms with Crippen molar-refractivity contribution in [2.45, 2.75) is 25.9 Å². The smallest absolute Gasteiger partial charge is 0.263 e. The van der Waals surface area contributed by atoms with E-state index in [1.54, 1.807) is 23.1 Å². The summed E-state index contributed by atoms with van der Waals surface area (Å²) in [6.45, 7) is 1.97. The van der Waals surface area contributed by atoms with Gasteiger partial charge in [0.1, 0.15) is 0 Å². The average molecular weight is 532 g/mol. The van der Waals surface area contributed by atoms with Crippen molar-refractivity contribution >= 4 is 35.0 Å². The van der Waals surface area contributed by atoms with Crippen LogP contribution in [-0.4, -0.2) is 58.9 Å². The summed E-state index contributed by atoms with van der Waals surface area (Å²) in [5, 5.41) is 10.1. The lowest BCUT2D eigenvalue weighted by Crippen LogP contribution is -2.43. The van der Waals surface area contributed by atoms with Gasteiger partial charge in [0, 0.05) is 37.1 Å². The number of benzene rings is 3. The Hall–Kier alpha value is -3.68. The van der Waals surface area contributed by atoms with E-state index in [0.29, 0.717) is 54.2 Å². The van der Waals surface area contributed by atoms with Gasteiger partial charge in [-0.05, 0) is 42.2 Å². The molecule has 196 valence electrons. The molecular weight excluding hydrogens is 502 g/mol. The number of hydrogen-bond acceptors (Lipinski definition) is 5. The number of halogens is 1. The van der Waals surface area contributed by atoms with Crippen molar-refractivity contribution in [3.8, 4) is 0 Å². The number of fused-ring (bicyclic) bond motifs is 1. The van der Waals surface area contributed by atoms with Crippen molar-refractivity contribution in [2.75, 3.05) is 31.1 Å². The van der Waals surface area contributed by atoms with Gasteiger partial charge in [-0.25, -0.2) is 0 Å². The molecule has 3 aromatic carbocycles. The van der Waals surface area contributed by atoms with Crippen LogP contribution in [0.3, 0.4) is 0 Å². The third-order valence-corrected chi connectivity index (χ3v) is 7.71. The Balaban J connectivity index is 1.28. The zero-order valence-electron chi connectivity index (χ0n) is 21.1. The van der Waals surface area contributed by atoms with Crippen LogP contribution in [0.15, 0.2) is 72.8 Å². The van der Waals surface area contributed by atoms with Crippen molar-refractivity contribution < 1.29 is 19.5 Å². The fourth-order valence-corrected chi connectivity index (χ4v) is 5.53. The van der Waals surface area contributed by atoms with Crippen molar-refractivity contribution in [1.82, 2.24) is 9.80 Å². The fraction of sp³-hybridized carbons (Fsp3) is 0.300. The molecule has 38 heavy (non-hydrogen) atoms. The van der Waals surface area contributed by atoms with E-state index in [4.69, 9.17) is 11.6 Å². The molecular formula is C30H30ClN3O4. The van der Waals surface area contributed by atoms with Gasteiger partial charge in [-0.2, -0.15) is 0 Å². The second kappa shape index (κ2) is 11.4. The molecule has 2 heterocycles. The van der Waals surface area contributed by atoms with E-state index in [1.165, 1.54) is 4.90 Å². The first-order valence-corrected chi connectivity index (χ1v) is 13.3. The van der Waals surface area contributed by atoms with Crippen LogP contribution in [0.25, 0.3) is 0 Å². The lowest BCUT2D eigenvalue weighted by atomic mass is 9.93. The Bertz CT molecular complexity index is 1340. The minimum Gasteiger partial charge on any atom is -0.395 e. The minimum atomic E-state index is -0.323. The number of carbonyl (C=O) groups excluding carboxylic acids is 3. The molecule has 2 aliphatic rings. The number of nitrogens with zero attached hydrogens (tertiary/aromatic N) is 3. The van der Waals surface area contributed by atoms with Gasteiger partial charge >= 0.3 is 0 Å². The quantitative estimate of drug-likeness (QED) is 0.436. The molecule has 0 atom stereocenters. The van der Waals surface area contributed by atoms with Crippen LogP contribution < -0.4 is 4.90 Å². The second-order valence-corrected chi connectivity index (χ2v) is 10.1. The van der Waals surface area contributed by atoms with Gasteiger partial charge in [0.15, 0.2) is 0 Å². The highest BCUT2D eigenvalue weighted by Crippen LogP contribution is 2.35. The third kappa shape index (κ3) is 5.17. The normalized spacial score (nSPS) is 15.6. The summed E-state index contributed by atoms with van der Waals surface area (Å²) in [6.07, 6.45) is 1.26. The first kappa shape index (κ1) is 25.9. The Labute approximate surface area is 227 Å². The minimum absolute atomic E-state index is 0.0398. The lowest BCUT2D eigenvalue weighted by Gasteiger charge is -2.36.